The zero-order valence-corrected chi connectivity index (χ0v) is 22.2. The van der Waals surface area contributed by atoms with Crippen molar-refractivity contribution < 1.29 is 13.6 Å². The average molecular weight is 536 g/mol. The molecular weight excluding hydrogens is 502 g/mol. The van der Waals surface area contributed by atoms with Gasteiger partial charge in [0.05, 0.1) is 17.4 Å². The van der Waals surface area contributed by atoms with Crippen LogP contribution >= 0.6 is 11.6 Å². The molecule has 0 spiro atoms. The Morgan fingerprint density at radius 1 is 1.17 bits per heavy atom. The van der Waals surface area contributed by atoms with E-state index in [0.717, 1.165) is 50.1 Å². The van der Waals surface area contributed by atoms with E-state index in [0.29, 0.717) is 42.0 Å². The molecular formula is C24H34ClN7O3S. The Morgan fingerprint density at radius 3 is 2.67 bits per heavy atom. The number of likely N-dealkylation sites (N-methyl/N-ethyl adjacent to an activating group) is 2. The van der Waals surface area contributed by atoms with Crippen LogP contribution in [0.25, 0.3) is 0 Å². The largest absolute Gasteiger partial charge is 0.369 e. The maximum absolute atomic E-state index is 13.0. The minimum absolute atomic E-state index is 0.0470. The number of nitrogens with one attached hydrogen (secondary N) is 3. The predicted octanol–water partition coefficient (Wildman–Crippen LogP) is 3.87. The fraction of sp³-hybridized carbons (Fsp3) is 0.542. The lowest BCUT2D eigenvalue weighted by molar-refractivity contribution is 0.0775. The summed E-state index contributed by atoms with van der Waals surface area (Å²) >= 11 is 4.38. The molecule has 1 aromatic carbocycles. The van der Waals surface area contributed by atoms with Crippen LogP contribution in [0.4, 0.5) is 23.1 Å². The van der Waals surface area contributed by atoms with E-state index in [1.54, 1.807) is 6.20 Å². The third-order valence-electron chi connectivity index (χ3n) is 6.96. The van der Waals surface area contributed by atoms with Crippen molar-refractivity contribution in [3.8, 4) is 0 Å². The predicted molar refractivity (Wildman–Crippen MR) is 144 cm³/mol. The van der Waals surface area contributed by atoms with Crippen molar-refractivity contribution >= 4 is 51.9 Å². The van der Waals surface area contributed by atoms with Crippen LogP contribution in [0.5, 0.6) is 0 Å². The topological polar surface area (TPSA) is 123 Å². The van der Waals surface area contributed by atoms with Crippen molar-refractivity contribution in [1.29, 1.82) is 0 Å². The van der Waals surface area contributed by atoms with Crippen molar-refractivity contribution in [3.63, 3.8) is 0 Å². The van der Waals surface area contributed by atoms with Crippen LogP contribution in [0.2, 0.25) is 5.02 Å². The number of nitrogens with zero attached hydrogens (tertiary/aromatic N) is 4. The summed E-state index contributed by atoms with van der Waals surface area (Å²) < 4.78 is 22.8. The molecule has 10 nitrogen and oxygen atoms in total. The normalized spacial score (nSPS) is 21.1. The number of halogens is 1. The van der Waals surface area contributed by atoms with Crippen LogP contribution in [0.1, 0.15) is 49.9 Å². The zero-order valence-electron chi connectivity index (χ0n) is 20.7. The molecule has 2 aromatic rings. The minimum Gasteiger partial charge on any atom is -0.369 e. The van der Waals surface area contributed by atoms with E-state index in [4.69, 9.17) is 16.2 Å². The second-order valence-corrected chi connectivity index (χ2v) is 10.3. The molecule has 36 heavy (non-hydrogen) atoms. The van der Waals surface area contributed by atoms with Gasteiger partial charge < -0.3 is 20.4 Å². The Morgan fingerprint density at radius 2 is 1.92 bits per heavy atom. The molecule has 2 heterocycles. The van der Waals surface area contributed by atoms with E-state index in [2.05, 4.69) is 37.1 Å². The van der Waals surface area contributed by atoms with E-state index in [1.807, 2.05) is 30.0 Å². The first kappa shape index (κ1) is 26.6. The van der Waals surface area contributed by atoms with E-state index in [1.165, 1.54) is 0 Å². The highest BCUT2D eigenvalue weighted by Gasteiger charge is 2.27. The highest BCUT2D eigenvalue weighted by molar-refractivity contribution is 7.77. The highest BCUT2D eigenvalue weighted by Crippen LogP contribution is 2.32. The summed E-state index contributed by atoms with van der Waals surface area (Å²) in [6, 6.07) is 5.77. The Bertz CT molecular complexity index is 1110. The Labute approximate surface area is 219 Å². The lowest BCUT2D eigenvalue weighted by Gasteiger charge is -2.32. The summed E-state index contributed by atoms with van der Waals surface area (Å²) in [6.07, 6.45) is 5.59. The SMILES string of the molecule is CCN1CCN(CC)c2cc(Nc3ncc(Cl)c(N[C@@H]4CCCC[C@@H]4CNS(=O)O)n3)ccc2C1=O. The number of benzene rings is 1. The van der Waals surface area contributed by atoms with Gasteiger partial charge in [-0.15, -0.1) is 0 Å². The maximum atomic E-state index is 13.0. The molecule has 1 amide bonds. The monoisotopic (exact) mass is 535 g/mol. The summed E-state index contributed by atoms with van der Waals surface area (Å²) in [5.41, 5.74) is 2.37. The fourth-order valence-electron chi connectivity index (χ4n) is 4.97. The van der Waals surface area contributed by atoms with E-state index in [-0.39, 0.29) is 17.9 Å². The fourth-order valence-corrected chi connectivity index (χ4v) is 5.47. The standard InChI is InChI=1S/C24H34ClN7O3S/c1-3-31-11-12-32(4-2)23(33)18-10-9-17(13-21(18)31)28-24-26-15-19(25)22(30-24)29-20-8-6-5-7-16(20)14-27-36(34)35/h9-10,13,15-16,20,27H,3-8,11-12,14H2,1-2H3,(H,34,35)(H2,26,28,29,30)/t16-,20-/m1/s1. The summed E-state index contributed by atoms with van der Waals surface area (Å²) in [7, 11) is 0. The van der Waals surface area contributed by atoms with Gasteiger partial charge in [0.15, 0.2) is 5.82 Å². The number of hydrogen-bond donors (Lipinski definition) is 4. The zero-order chi connectivity index (χ0) is 25.7. The number of hydrogen-bond acceptors (Lipinski definition) is 7. The number of carbonyl (C=O) groups is 1. The van der Waals surface area contributed by atoms with Crippen LogP contribution < -0.4 is 20.3 Å². The van der Waals surface area contributed by atoms with Gasteiger partial charge in [-0.05, 0) is 50.8 Å². The van der Waals surface area contributed by atoms with E-state index < -0.39 is 11.3 Å². The van der Waals surface area contributed by atoms with Crippen molar-refractivity contribution in [2.24, 2.45) is 5.92 Å². The molecule has 0 bridgehead atoms. The molecule has 12 heteroatoms. The van der Waals surface area contributed by atoms with Crippen LogP contribution in [0.15, 0.2) is 24.4 Å². The lowest BCUT2D eigenvalue weighted by Crippen LogP contribution is -2.39. The number of aromatic nitrogens is 2. The molecule has 0 saturated heterocycles. The maximum Gasteiger partial charge on any atom is 0.256 e. The van der Waals surface area contributed by atoms with Gasteiger partial charge in [0.1, 0.15) is 5.02 Å². The second kappa shape index (κ2) is 12.2. The molecule has 1 fully saturated rings. The first-order valence-electron chi connectivity index (χ1n) is 12.5. The molecule has 2 aliphatic rings. The van der Waals surface area contributed by atoms with Crippen LogP contribution in [0, 0.1) is 5.92 Å². The number of amides is 1. The molecule has 1 unspecified atom stereocenters. The van der Waals surface area contributed by atoms with Gasteiger partial charge in [-0.2, -0.15) is 4.98 Å². The summed E-state index contributed by atoms with van der Waals surface area (Å²) in [5, 5.41) is 7.11. The second-order valence-electron chi connectivity index (χ2n) is 9.10. The Hall–Kier alpha value is -2.47. The average Bonchev–Trinajstić information content (AvgIpc) is 3.01. The van der Waals surface area contributed by atoms with Gasteiger partial charge in [-0.25, -0.2) is 13.9 Å². The van der Waals surface area contributed by atoms with Gasteiger partial charge in [0.25, 0.3) is 5.91 Å². The smallest absolute Gasteiger partial charge is 0.256 e. The van der Waals surface area contributed by atoms with Crippen molar-refractivity contribution in [3.05, 3.63) is 35.0 Å². The summed E-state index contributed by atoms with van der Waals surface area (Å²) in [6.45, 7) is 7.47. The highest BCUT2D eigenvalue weighted by atomic mass is 35.5. The van der Waals surface area contributed by atoms with Crippen LogP contribution in [0.3, 0.4) is 0 Å². The van der Waals surface area contributed by atoms with Crippen LogP contribution in [-0.2, 0) is 11.3 Å². The van der Waals surface area contributed by atoms with E-state index in [9.17, 15) is 9.00 Å². The van der Waals surface area contributed by atoms with E-state index >= 15 is 0 Å². The van der Waals surface area contributed by atoms with Gasteiger partial charge in [-0.3, -0.25) is 9.35 Å². The Kier molecular flexibility index (Phi) is 9.00. The van der Waals surface area contributed by atoms with Gasteiger partial charge in [0, 0.05) is 44.5 Å². The number of rotatable bonds is 9. The van der Waals surface area contributed by atoms with Crippen LogP contribution in [-0.4, -0.2) is 68.3 Å². The molecule has 196 valence electrons. The first-order valence-corrected chi connectivity index (χ1v) is 14.0. The molecule has 1 aromatic heterocycles. The molecule has 4 rings (SSSR count). The molecule has 0 radical (unpaired) electrons. The lowest BCUT2D eigenvalue weighted by atomic mass is 9.84. The van der Waals surface area contributed by atoms with Gasteiger partial charge >= 0.3 is 0 Å². The first-order chi connectivity index (χ1) is 17.4. The van der Waals surface area contributed by atoms with Gasteiger partial charge in [0.2, 0.25) is 17.2 Å². The quantitative estimate of drug-likeness (QED) is 0.357. The summed E-state index contributed by atoms with van der Waals surface area (Å²) in [5.74, 6) is 1.14. The molecule has 3 atom stereocenters. The number of anilines is 4. The van der Waals surface area contributed by atoms with Gasteiger partial charge in [-0.1, -0.05) is 24.4 Å². The number of fused-ring (bicyclic) bond motifs is 1. The van der Waals surface area contributed by atoms with Crippen molar-refractivity contribution in [1.82, 2.24) is 19.6 Å². The minimum atomic E-state index is -2.04. The third-order valence-corrected chi connectivity index (χ3v) is 7.65. The Balaban J connectivity index is 1.53. The molecule has 1 aliphatic carbocycles. The van der Waals surface area contributed by atoms with Crippen molar-refractivity contribution in [2.75, 3.05) is 48.3 Å². The molecule has 4 N–H and O–H groups in total. The van der Waals surface area contributed by atoms with Crippen molar-refractivity contribution in [2.45, 2.75) is 45.6 Å². The third kappa shape index (κ3) is 6.26. The summed E-state index contributed by atoms with van der Waals surface area (Å²) in [4.78, 5) is 26.0. The molecule has 1 aliphatic heterocycles. The number of carbonyl (C=O) groups excluding carboxylic acids is 1. The molecule has 1 saturated carbocycles.